The van der Waals surface area contributed by atoms with E-state index >= 15 is 0 Å². The zero-order chi connectivity index (χ0) is 11.7. The molecule has 82 valence electrons. The van der Waals surface area contributed by atoms with Gasteiger partial charge < -0.3 is 14.6 Å². The van der Waals surface area contributed by atoms with Gasteiger partial charge in [0.25, 0.3) is 0 Å². The van der Waals surface area contributed by atoms with Gasteiger partial charge in [0.2, 0.25) is 5.78 Å². The molecule has 1 unspecified atom stereocenters. The number of rotatable bonds is 3. The van der Waals surface area contributed by atoms with Crippen molar-refractivity contribution in [1.82, 2.24) is 0 Å². The molecule has 1 aromatic rings. The Labute approximate surface area is 121 Å². The second kappa shape index (κ2) is 11.1. The normalized spacial score (nSPS) is 10.1. The van der Waals surface area contributed by atoms with Crippen LogP contribution in [-0.2, 0) is 9.53 Å². The minimum absolute atomic E-state index is 0. The molecule has 4 nitrogen and oxygen atoms in total. The van der Waals surface area contributed by atoms with Crippen LogP contribution in [0.4, 0.5) is 0 Å². The topological polar surface area (TPSA) is 66.4 Å². The van der Waals surface area contributed by atoms with E-state index in [0.29, 0.717) is 5.56 Å². The minimum Gasteiger partial charge on any atom is -0.554 e. The molecule has 0 aliphatic heterocycles. The van der Waals surface area contributed by atoms with Crippen molar-refractivity contribution < 1.29 is 49.0 Å². The van der Waals surface area contributed by atoms with E-state index in [1.54, 1.807) is 24.3 Å². The third kappa shape index (κ3) is 6.98. The molecule has 0 bridgehead atoms. The second-order valence-corrected chi connectivity index (χ2v) is 2.77. The third-order valence-electron chi connectivity index (χ3n) is 1.47. The van der Waals surface area contributed by atoms with Crippen LogP contribution in [0.1, 0.15) is 10.4 Å². The summed E-state index contributed by atoms with van der Waals surface area (Å²) in [5, 5.41) is 8.25. The molecule has 0 saturated carbocycles. The number of carbonyl (C=O) groups excluding carboxylic acids is 2. The van der Waals surface area contributed by atoms with Crippen LogP contribution >= 0.6 is 11.6 Å². The Hall–Kier alpha value is -0.390. The maximum Gasteiger partial charge on any atom is 1.00 e. The largest absolute Gasteiger partial charge is 1.00 e. The number of Topliss-reactive ketones (excluding diaryl/α,β-unsaturated/α-hetero) is 1. The fraction of sp³-hybridized carbons (Fsp3) is 0.200. The van der Waals surface area contributed by atoms with Crippen LogP contribution in [0.3, 0.4) is 0 Å². The van der Waals surface area contributed by atoms with Gasteiger partial charge in [0.15, 0.2) is 5.56 Å². The molecule has 0 N–H and O–H groups in total. The fourth-order valence-corrected chi connectivity index (χ4v) is 0.966. The first-order valence-corrected chi connectivity index (χ1v) is 4.42. The first kappa shape index (κ1) is 18.0. The first-order chi connectivity index (χ1) is 7.17. The Morgan fingerprint density at radius 2 is 1.88 bits per heavy atom. The van der Waals surface area contributed by atoms with Gasteiger partial charge in [-0.3, -0.25) is 4.79 Å². The van der Waals surface area contributed by atoms with E-state index in [9.17, 15) is 4.79 Å². The average Bonchev–Trinajstić information content (AvgIpc) is 2.29. The first-order valence-electron chi connectivity index (χ1n) is 3.99. The molecule has 1 rings (SSSR count). The van der Waals surface area contributed by atoms with Gasteiger partial charge in [-0.2, -0.15) is 0 Å². The van der Waals surface area contributed by atoms with Crippen molar-refractivity contribution in [2.45, 2.75) is 5.56 Å². The number of halogens is 1. The summed E-state index contributed by atoms with van der Waals surface area (Å²) in [6.07, 6.45) is 0. The minimum atomic E-state index is -0.882. The molecule has 0 radical (unpaired) electrons. The van der Waals surface area contributed by atoms with Gasteiger partial charge >= 0.3 is 29.6 Å². The SMILES string of the molecule is COC(Cl)C(=O)c1ccccc1.O=C[O-].[Na+]. The summed E-state index contributed by atoms with van der Waals surface area (Å²) in [5.74, 6) is -0.209. The number of ether oxygens (including phenoxy) is 1. The second-order valence-electron chi connectivity index (χ2n) is 2.38. The van der Waals surface area contributed by atoms with E-state index in [-0.39, 0.29) is 35.3 Å². The number of carbonyl (C=O) groups is 2. The molecule has 1 aromatic carbocycles. The molecule has 0 aliphatic rings. The molecule has 16 heavy (non-hydrogen) atoms. The van der Waals surface area contributed by atoms with Crippen LogP contribution in [0.25, 0.3) is 0 Å². The molecule has 0 aromatic heterocycles. The molecule has 0 saturated heterocycles. The van der Waals surface area contributed by atoms with Crippen molar-refractivity contribution in [3.8, 4) is 0 Å². The standard InChI is InChI=1S/C9H9ClO2.CH2O2.Na/c1-12-9(10)8(11)7-5-3-2-4-6-7;2-1-3;/h2-6,9H,1H3;1H,(H,2,3);/q;;+1/p-1. The quantitative estimate of drug-likeness (QED) is 0.257. The van der Waals surface area contributed by atoms with E-state index < -0.39 is 12.0 Å². The summed E-state index contributed by atoms with van der Waals surface area (Å²) >= 11 is 5.58. The molecular formula is C10H10ClNaO4. The van der Waals surface area contributed by atoms with E-state index in [2.05, 4.69) is 4.74 Å². The molecule has 0 fully saturated rings. The molecule has 6 heteroatoms. The molecule has 0 heterocycles. The average molecular weight is 253 g/mol. The van der Waals surface area contributed by atoms with Gasteiger partial charge in [-0.05, 0) is 0 Å². The van der Waals surface area contributed by atoms with Gasteiger partial charge in [0.1, 0.15) is 0 Å². The summed E-state index contributed by atoms with van der Waals surface area (Å²) < 4.78 is 4.68. The number of hydrogen-bond acceptors (Lipinski definition) is 4. The summed E-state index contributed by atoms with van der Waals surface area (Å²) in [4.78, 5) is 19.6. The summed E-state index contributed by atoms with van der Waals surface area (Å²) in [7, 11) is 1.40. The van der Waals surface area contributed by atoms with Gasteiger partial charge in [-0.25, -0.2) is 0 Å². The maximum absolute atomic E-state index is 11.3. The Kier molecular flexibility index (Phi) is 12.5. The summed E-state index contributed by atoms with van der Waals surface area (Å²) in [6, 6.07) is 8.82. The van der Waals surface area contributed by atoms with E-state index in [1.807, 2.05) is 6.07 Å². The van der Waals surface area contributed by atoms with Crippen molar-refractivity contribution in [3.05, 3.63) is 35.9 Å². The van der Waals surface area contributed by atoms with Crippen LogP contribution in [0.15, 0.2) is 30.3 Å². The van der Waals surface area contributed by atoms with E-state index in [0.717, 1.165) is 0 Å². The Balaban J connectivity index is 0. The molecular weight excluding hydrogens is 243 g/mol. The molecule has 1 atom stereocenters. The molecule has 0 amide bonds. The van der Waals surface area contributed by atoms with Gasteiger partial charge in [0.05, 0.1) is 0 Å². The van der Waals surface area contributed by atoms with Crippen molar-refractivity contribution in [2.75, 3.05) is 7.11 Å². The van der Waals surface area contributed by atoms with E-state index in [1.165, 1.54) is 7.11 Å². The Morgan fingerprint density at radius 3 is 2.25 bits per heavy atom. The van der Waals surface area contributed by atoms with Crippen LogP contribution in [0.2, 0.25) is 0 Å². The molecule has 0 aliphatic carbocycles. The van der Waals surface area contributed by atoms with Gasteiger partial charge in [-0.1, -0.05) is 41.9 Å². The fourth-order valence-electron chi connectivity index (χ4n) is 0.840. The zero-order valence-electron chi connectivity index (χ0n) is 9.05. The van der Waals surface area contributed by atoms with Crippen LogP contribution in [0.5, 0.6) is 0 Å². The maximum atomic E-state index is 11.3. The monoisotopic (exact) mass is 252 g/mol. The predicted molar refractivity (Wildman–Crippen MR) is 53.5 cm³/mol. The number of hydrogen-bond donors (Lipinski definition) is 0. The van der Waals surface area contributed by atoms with E-state index in [4.69, 9.17) is 21.5 Å². The number of carboxylic acid groups (broad SMARTS) is 1. The van der Waals surface area contributed by atoms with Gasteiger partial charge in [-0.15, -0.1) is 0 Å². The van der Waals surface area contributed by atoms with Crippen LogP contribution in [-0.4, -0.2) is 24.9 Å². The van der Waals surface area contributed by atoms with Crippen molar-refractivity contribution in [2.24, 2.45) is 0 Å². The van der Waals surface area contributed by atoms with Crippen molar-refractivity contribution in [1.29, 1.82) is 0 Å². The Bertz CT molecular complexity index is 305. The summed E-state index contributed by atoms with van der Waals surface area (Å²) in [6.45, 7) is -0.500. The van der Waals surface area contributed by atoms with Crippen molar-refractivity contribution in [3.63, 3.8) is 0 Å². The summed E-state index contributed by atoms with van der Waals surface area (Å²) in [5.41, 5.74) is -0.313. The number of benzene rings is 1. The zero-order valence-corrected chi connectivity index (χ0v) is 11.8. The Morgan fingerprint density at radius 1 is 1.44 bits per heavy atom. The number of ketones is 1. The van der Waals surface area contributed by atoms with Crippen LogP contribution in [0, 0.1) is 0 Å². The smallest absolute Gasteiger partial charge is 0.554 e. The third-order valence-corrected chi connectivity index (χ3v) is 1.85. The number of methoxy groups -OCH3 is 1. The predicted octanol–water partition coefficient (Wildman–Crippen LogP) is -2.55. The molecule has 0 spiro atoms. The number of alkyl halides is 1. The van der Waals surface area contributed by atoms with Crippen molar-refractivity contribution >= 4 is 23.9 Å². The van der Waals surface area contributed by atoms with Gasteiger partial charge in [0, 0.05) is 19.1 Å². The van der Waals surface area contributed by atoms with Crippen LogP contribution < -0.4 is 34.7 Å².